The van der Waals surface area contributed by atoms with E-state index in [1.807, 2.05) is 51.1 Å². The number of nitrogens with zero attached hydrogens (tertiary/aromatic N) is 2. The van der Waals surface area contributed by atoms with Gasteiger partial charge in [-0.05, 0) is 73.4 Å². The first kappa shape index (κ1) is 35.8. The largest absolute Gasteiger partial charge is 0.495 e. The number of halogens is 2. The zero-order valence-electron chi connectivity index (χ0n) is 26.9. The second kappa shape index (κ2) is 16.2. The van der Waals surface area contributed by atoms with Crippen molar-refractivity contribution in [2.45, 2.75) is 51.1 Å². The van der Waals surface area contributed by atoms with Crippen molar-refractivity contribution in [1.82, 2.24) is 10.2 Å². The number of nitrogens with one attached hydrogen (secondary N) is 1. The summed E-state index contributed by atoms with van der Waals surface area (Å²) in [5.74, 6) is -0.703. The van der Waals surface area contributed by atoms with Crippen LogP contribution in [0.15, 0.2) is 95.9 Å². The quantitative estimate of drug-likeness (QED) is 0.154. The molecule has 0 fully saturated rings. The molecule has 2 amide bonds. The van der Waals surface area contributed by atoms with Crippen molar-refractivity contribution in [2.75, 3.05) is 24.5 Å². The smallest absolute Gasteiger partial charge is 0.264 e. The number of hydrogen-bond donors (Lipinski definition) is 1. The number of aryl methyl sites for hydroxylation is 2. The van der Waals surface area contributed by atoms with E-state index in [1.165, 1.54) is 24.1 Å². The molecule has 0 saturated heterocycles. The van der Waals surface area contributed by atoms with Crippen molar-refractivity contribution >= 4 is 50.7 Å². The highest BCUT2D eigenvalue weighted by Crippen LogP contribution is 2.34. The molecule has 4 aromatic rings. The van der Waals surface area contributed by atoms with E-state index >= 15 is 0 Å². The Kier molecular flexibility index (Phi) is 12.3. The number of rotatable bonds is 14. The van der Waals surface area contributed by atoms with Crippen LogP contribution in [0.4, 0.5) is 5.69 Å². The second-order valence-corrected chi connectivity index (χ2v) is 14.0. The van der Waals surface area contributed by atoms with Crippen LogP contribution in [0.1, 0.15) is 35.6 Å². The molecule has 0 aliphatic rings. The highest BCUT2D eigenvalue weighted by atomic mass is 35.5. The van der Waals surface area contributed by atoms with Crippen molar-refractivity contribution in [1.29, 1.82) is 0 Å². The van der Waals surface area contributed by atoms with E-state index in [1.54, 1.807) is 48.5 Å². The summed E-state index contributed by atoms with van der Waals surface area (Å²) in [7, 11) is -2.85. The minimum absolute atomic E-state index is 0.00767. The average molecular weight is 697 g/mol. The highest BCUT2D eigenvalue weighted by Gasteiger charge is 2.35. The molecular weight excluding hydrogens is 657 g/mol. The van der Waals surface area contributed by atoms with Gasteiger partial charge in [0.2, 0.25) is 11.8 Å². The maximum Gasteiger partial charge on any atom is 0.264 e. The lowest BCUT2D eigenvalue weighted by atomic mass is 10.0. The van der Waals surface area contributed by atoms with Crippen molar-refractivity contribution in [3.8, 4) is 5.75 Å². The molecule has 8 nitrogen and oxygen atoms in total. The lowest BCUT2D eigenvalue weighted by Gasteiger charge is -2.34. The Morgan fingerprint density at radius 1 is 0.894 bits per heavy atom. The summed E-state index contributed by atoms with van der Waals surface area (Å²) < 4.78 is 35.3. The average Bonchev–Trinajstić information content (AvgIpc) is 3.05. The number of carbonyl (C=O) groups excluding carboxylic acids is 2. The first-order chi connectivity index (χ1) is 22.4. The van der Waals surface area contributed by atoms with Gasteiger partial charge < -0.3 is 15.0 Å². The Balaban J connectivity index is 1.86. The number of anilines is 1. The van der Waals surface area contributed by atoms with E-state index in [0.29, 0.717) is 28.6 Å². The summed E-state index contributed by atoms with van der Waals surface area (Å²) in [5.41, 5.74) is 3.22. The molecule has 0 aromatic heterocycles. The number of sulfonamides is 1. The standard InChI is InChI=1S/C36H39Cl2N3O5S/c1-5-19-39-36(43)33(21-27-9-7-6-8-10-27)40(23-28-14-15-29(37)22-31(28)38)35(42)24-41(32-20-26(3)13-18-34(32)46-4)47(44,45)30-16-11-25(2)12-17-30/h6-18,20,22,33H,5,19,21,23-24H2,1-4H3,(H,39,43). The molecule has 1 N–H and O–H groups in total. The molecule has 0 aliphatic carbocycles. The van der Waals surface area contributed by atoms with Gasteiger partial charge in [0.1, 0.15) is 18.3 Å². The third-order valence-corrected chi connectivity index (χ3v) is 10.0. The van der Waals surface area contributed by atoms with Gasteiger partial charge in [0.15, 0.2) is 0 Å². The van der Waals surface area contributed by atoms with Crippen molar-refractivity contribution < 1.29 is 22.7 Å². The number of ether oxygens (including phenoxy) is 1. The van der Waals surface area contributed by atoms with E-state index in [0.717, 1.165) is 21.0 Å². The first-order valence-electron chi connectivity index (χ1n) is 15.2. The molecule has 47 heavy (non-hydrogen) atoms. The Hall–Kier alpha value is -4.05. The third-order valence-electron chi connectivity index (χ3n) is 7.67. The fourth-order valence-electron chi connectivity index (χ4n) is 5.10. The second-order valence-electron chi connectivity index (χ2n) is 11.3. The van der Waals surface area contributed by atoms with Crippen LogP contribution in [-0.4, -0.2) is 51.4 Å². The monoisotopic (exact) mass is 695 g/mol. The van der Waals surface area contributed by atoms with E-state index in [4.69, 9.17) is 27.9 Å². The fourth-order valence-corrected chi connectivity index (χ4v) is 6.98. The van der Waals surface area contributed by atoms with Gasteiger partial charge in [-0.15, -0.1) is 0 Å². The molecule has 1 atom stereocenters. The molecule has 0 aliphatic heterocycles. The van der Waals surface area contributed by atoms with Gasteiger partial charge in [-0.25, -0.2) is 8.42 Å². The number of carbonyl (C=O) groups is 2. The molecule has 248 valence electrons. The SMILES string of the molecule is CCCNC(=O)C(Cc1ccccc1)N(Cc1ccc(Cl)cc1Cl)C(=O)CN(c1cc(C)ccc1OC)S(=O)(=O)c1ccc(C)cc1. The number of methoxy groups -OCH3 is 1. The predicted molar refractivity (Wildman–Crippen MR) is 188 cm³/mol. The summed E-state index contributed by atoms with van der Waals surface area (Å²) >= 11 is 12.8. The van der Waals surface area contributed by atoms with Gasteiger partial charge in [-0.3, -0.25) is 13.9 Å². The topological polar surface area (TPSA) is 96.0 Å². The fraction of sp³-hybridized carbons (Fsp3) is 0.278. The van der Waals surface area contributed by atoms with E-state index < -0.39 is 28.5 Å². The normalized spacial score (nSPS) is 11.9. The van der Waals surface area contributed by atoms with Crippen LogP contribution in [0, 0.1) is 13.8 Å². The Morgan fingerprint density at radius 2 is 1.57 bits per heavy atom. The van der Waals surface area contributed by atoms with Crippen molar-refractivity contribution in [3.05, 3.63) is 123 Å². The molecular formula is C36H39Cl2N3O5S. The summed E-state index contributed by atoms with van der Waals surface area (Å²) in [6, 6.07) is 24.8. The zero-order chi connectivity index (χ0) is 34.1. The van der Waals surface area contributed by atoms with E-state index in [-0.39, 0.29) is 35.2 Å². The zero-order valence-corrected chi connectivity index (χ0v) is 29.2. The van der Waals surface area contributed by atoms with Gasteiger partial charge in [0.05, 0.1) is 17.7 Å². The maximum absolute atomic E-state index is 14.7. The minimum Gasteiger partial charge on any atom is -0.495 e. The molecule has 0 spiro atoms. The van der Waals surface area contributed by atoms with Crippen LogP contribution in [-0.2, 0) is 32.6 Å². The molecule has 0 heterocycles. The van der Waals surface area contributed by atoms with Crippen LogP contribution >= 0.6 is 23.2 Å². The highest BCUT2D eigenvalue weighted by molar-refractivity contribution is 7.92. The molecule has 11 heteroatoms. The van der Waals surface area contributed by atoms with Gasteiger partial charge >= 0.3 is 0 Å². The van der Waals surface area contributed by atoms with Crippen molar-refractivity contribution in [3.63, 3.8) is 0 Å². The number of hydrogen-bond acceptors (Lipinski definition) is 5. The summed E-state index contributed by atoms with van der Waals surface area (Å²) in [6.07, 6.45) is 0.877. The maximum atomic E-state index is 14.7. The summed E-state index contributed by atoms with van der Waals surface area (Å²) in [5, 5.41) is 3.66. The lowest BCUT2D eigenvalue weighted by Crippen LogP contribution is -2.53. The van der Waals surface area contributed by atoms with Crippen LogP contribution in [0.5, 0.6) is 5.75 Å². The molecule has 0 bridgehead atoms. The van der Waals surface area contributed by atoms with Gasteiger partial charge in [0, 0.05) is 29.6 Å². The first-order valence-corrected chi connectivity index (χ1v) is 17.4. The summed E-state index contributed by atoms with van der Waals surface area (Å²) in [4.78, 5) is 29.9. The third kappa shape index (κ3) is 9.06. The molecule has 0 radical (unpaired) electrons. The molecule has 1 unspecified atom stereocenters. The molecule has 4 aromatic carbocycles. The van der Waals surface area contributed by atoms with Crippen molar-refractivity contribution in [2.24, 2.45) is 0 Å². The van der Waals surface area contributed by atoms with Gasteiger partial charge in [-0.1, -0.05) is 90.3 Å². The Labute approximate surface area is 287 Å². The van der Waals surface area contributed by atoms with Crippen LogP contribution in [0.25, 0.3) is 0 Å². The number of amides is 2. The number of benzene rings is 4. The van der Waals surface area contributed by atoms with Gasteiger partial charge in [0.25, 0.3) is 10.0 Å². The molecule has 0 saturated carbocycles. The lowest BCUT2D eigenvalue weighted by molar-refractivity contribution is -0.140. The van der Waals surface area contributed by atoms with Gasteiger partial charge in [-0.2, -0.15) is 0 Å². The van der Waals surface area contributed by atoms with Crippen LogP contribution < -0.4 is 14.4 Å². The minimum atomic E-state index is -4.29. The van der Waals surface area contributed by atoms with Crippen LogP contribution in [0.3, 0.4) is 0 Å². The van der Waals surface area contributed by atoms with Crippen LogP contribution in [0.2, 0.25) is 10.0 Å². The predicted octanol–water partition coefficient (Wildman–Crippen LogP) is 6.98. The van der Waals surface area contributed by atoms with E-state index in [2.05, 4.69) is 5.32 Å². The Morgan fingerprint density at radius 3 is 2.21 bits per heavy atom. The molecule has 4 rings (SSSR count). The summed E-state index contributed by atoms with van der Waals surface area (Å²) in [6.45, 7) is 5.33. The Bertz CT molecular complexity index is 1800. The van der Waals surface area contributed by atoms with E-state index in [9.17, 15) is 18.0 Å².